The van der Waals surface area contributed by atoms with Crippen LogP contribution in [0.4, 0.5) is 0 Å². The van der Waals surface area contributed by atoms with Crippen LogP contribution in [-0.4, -0.2) is 52.2 Å². The van der Waals surface area contributed by atoms with Crippen LogP contribution in [0.25, 0.3) is 0 Å². The Hall–Kier alpha value is -1.40. The fraction of sp³-hybridized carbons (Fsp3) is 0.778. The van der Waals surface area contributed by atoms with E-state index in [0.29, 0.717) is 12.5 Å². The first-order valence-electron chi connectivity index (χ1n) is 9.31. The summed E-state index contributed by atoms with van der Waals surface area (Å²) >= 11 is 0. The smallest absolute Gasteiger partial charge is 0.237 e. The van der Waals surface area contributed by atoms with Gasteiger partial charge >= 0.3 is 0 Å². The Balaban J connectivity index is 1.36. The third kappa shape index (κ3) is 3.09. The van der Waals surface area contributed by atoms with Gasteiger partial charge in [0.25, 0.3) is 0 Å². The van der Waals surface area contributed by atoms with Crippen molar-refractivity contribution in [1.82, 2.24) is 19.8 Å². The van der Waals surface area contributed by atoms with E-state index in [1.165, 1.54) is 30.1 Å². The summed E-state index contributed by atoms with van der Waals surface area (Å²) in [4.78, 5) is 19.6. The zero-order chi connectivity index (χ0) is 16.7. The second-order valence-electron chi connectivity index (χ2n) is 7.47. The van der Waals surface area contributed by atoms with Gasteiger partial charge in [-0.2, -0.15) is 0 Å². The molecule has 24 heavy (non-hydrogen) atoms. The zero-order valence-corrected chi connectivity index (χ0v) is 14.8. The first-order chi connectivity index (χ1) is 11.6. The Morgan fingerprint density at radius 3 is 2.96 bits per heavy atom. The average molecular weight is 332 g/mol. The molecule has 0 spiro atoms. The van der Waals surface area contributed by atoms with Crippen LogP contribution < -0.4 is 5.32 Å². The Bertz CT molecular complexity index is 617. The Labute approximate surface area is 143 Å². The number of carbonyl (C=O) groups excluding carboxylic acids is 1. The van der Waals surface area contributed by atoms with Crippen LogP contribution in [0.5, 0.6) is 0 Å². The van der Waals surface area contributed by atoms with Gasteiger partial charge in [0, 0.05) is 51.3 Å². The molecule has 132 valence electrons. The van der Waals surface area contributed by atoms with Crippen molar-refractivity contribution < 1.29 is 9.53 Å². The summed E-state index contributed by atoms with van der Waals surface area (Å²) in [6.07, 6.45) is 5.89. The van der Waals surface area contributed by atoms with Gasteiger partial charge in [-0.05, 0) is 32.6 Å². The topological polar surface area (TPSA) is 59.4 Å². The summed E-state index contributed by atoms with van der Waals surface area (Å²) in [7, 11) is 2.15. The van der Waals surface area contributed by atoms with E-state index in [-0.39, 0.29) is 18.1 Å². The molecule has 1 aromatic rings. The molecular weight excluding hydrogens is 304 g/mol. The Kier molecular flexibility index (Phi) is 4.35. The van der Waals surface area contributed by atoms with Gasteiger partial charge in [-0.1, -0.05) is 0 Å². The standard InChI is InChI=1S/C18H28N4O2/c1-12(18(23)19-10-14-4-3-9-24-14)22-8-7-16-15(11-22)20-17(21(16)2)13-5-6-13/h12-14H,3-11H2,1-2H3,(H,19,23)/t12-,14+/m1/s1. The van der Waals surface area contributed by atoms with Gasteiger partial charge in [0.2, 0.25) is 5.91 Å². The number of amides is 1. The van der Waals surface area contributed by atoms with Gasteiger partial charge in [-0.15, -0.1) is 0 Å². The highest BCUT2D eigenvalue weighted by Crippen LogP contribution is 2.40. The number of hydrogen-bond acceptors (Lipinski definition) is 4. The van der Waals surface area contributed by atoms with Gasteiger partial charge < -0.3 is 14.6 Å². The molecule has 0 bridgehead atoms. The molecule has 1 saturated carbocycles. The molecule has 1 aliphatic carbocycles. The predicted molar refractivity (Wildman–Crippen MR) is 90.7 cm³/mol. The molecule has 3 heterocycles. The molecule has 0 radical (unpaired) electrons. The van der Waals surface area contributed by atoms with Crippen LogP contribution in [0.1, 0.15) is 55.7 Å². The van der Waals surface area contributed by atoms with E-state index in [2.05, 4.69) is 21.8 Å². The third-order valence-electron chi connectivity index (χ3n) is 5.72. The monoisotopic (exact) mass is 332 g/mol. The van der Waals surface area contributed by atoms with E-state index < -0.39 is 0 Å². The molecule has 1 saturated heterocycles. The number of imidazole rings is 1. The van der Waals surface area contributed by atoms with Crippen molar-refractivity contribution in [2.75, 3.05) is 19.7 Å². The lowest BCUT2D eigenvalue weighted by molar-refractivity contribution is -0.126. The molecule has 3 aliphatic rings. The van der Waals surface area contributed by atoms with Crippen LogP contribution in [-0.2, 0) is 29.5 Å². The maximum absolute atomic E-state index is 12.5. The predicted octanol–water partition coefficient (Wildman–Crippen LogP) is 1.34. The molecule has 0 unspecified atom stereocenters. The van der Waals surface area contributed by atoms with E-state index in [0.717, 1.165) is 39.0 Å². The summed E-state index contributed by atoms with van der Waals surface area (Å²) in [6, 6.07) is -0.120. The number of fused-ring (bicyclic) bond motifs is 1. The van der Waals surface area contributed by atoms with Gasteiger partial charge in [0.1, 0.15) is 5.82 Å². The van der Waals surface area contributed by atoms with Crippen molar-refractivity contribution in [2.24, 2.45) is 7.05 Å². The molecule has 1 amide bonds. The minimum Gasteiger partial charge on any atom is -0.376 e. The highest BCUT2D eigenvalue weighted by atomic mass is 16.5. The first-order valence-corrected chi connectivity index (χ1v) is 9.31. The van der Waals surface area contributed by atoms with Crippen LogP contribution in [0.3, 0.4) is 0 Å². The number of nitrogens with one attached hydrogen (secondary N) is 1. The summed E-state index contributed by atoms with van der Waals surface area (Å²) in [5.74, 6) is 2.02. The molecule has 1 N–H and O–H groups in total. The molecule has 2 atom stereocenters. The number of carbonyl (C=O) groups is 1. The van der Waals surface area contributed by atoms with E-state index >= 15 is 0 Å². The van der Waals surface area contributed by atoms with E-state index in [4.69, 9.17) is 9.72 Å². The van der Waals surface area contributed by atoms with Gasteiger partial charge in [0.15, 0.2) is 0 Å². The Morgan fingerprint density at radius 2 is 2.25 bits per heavy atom. The summed E-state index contributed by atoms with van der Waals surface area (Å²) in [6.45, 7) is 5.17. The lowest BCUT2D eigenvalue weighted by atomic mass is 10.1. The second-order valence-corrected chi connectivity index (χ2v) is 7.47. The van der Waals surface area contributed by atoms with Gasteiger partial charge in [-0.3, -0.25) is 9.69 Å². The first kappa shape index (κ1) is 16.1. The SMILES string of the molecule is C[C@H](C(=O)NC[C@@H]1CCCO1)N1CCc2c(nc(C3CC3)n2C)C1. The van der Waals surface area contributed by atoms with Crippen molar-refractivity contribution in [3.63, 3.8) is 0 Å². The van der Waals surface area contributed by atoms with Crippen molar-refractivity contribution in [1.29, 1.82) is 0 Å². The minimum atomic E-state index is -0.120. The van der Waals surface area contributed by atoms with Crippen molar-refractivity contribution >= 4 is 5.91 Å². The quantitative estimate of drug-likeness (QED) is 0.884. The summed E-state index contributed by atoms with van der Waals surface area (Å²) < 4.78 is 7.88. The van der Waals surface area contributed by atoms with Crippen molar-refractivity contribution in [3.8, 4) is 0 Å². The fourth-order valence-corrected chi connectivity index (χ4v) is 3.94. The van der Waals surface area contributed by atoms with Crippen LogP contribution >= 0.6 is 0 Å². The maximum Gasteiger partial charge on any atom is 0.237 e. The minimum absolute atomic E-state index is 0.104. The Morgan fingerprint density at radius 1 is 1.42 bits per heavy atom. The molecule has 6 heteroatoms. The van der Waals surface area contributed by atoms with Gasteiger partial charge in [-0.25, -0.2) is 4.98 Å². The van der Waals surface area contributed by atoms with Crippen molar-refractivity contribution in [2.45, 2.75) is 63.6 Å². The van der Waals surface area contributed by atoms with Crippen LogP contribution in [0, 0.1) is 0 Å². The zero-order valence-electron chi connectivity index (χ0n) is 14.8. The average Bonchev–Trinajstić information content (AvgIpc) is 3.20. The highest BCUT2D eigenvalue weighted by Gasteiger charge is 2.33. The van der Waals surface area contributed by atoms with Crippen LogP contribution in [0.2, 0.25) is 0 Å². The molecule has 0 aromatic carbocycles. The number of nitrogens with zero attached hydrogens (tertiary/aromatic N) is 3. The molecule has 1 aromatic heterocycles. The van der Waals surface area contributed by atoms with Gasteiger partial charge in [0.05, 0.1) is 17.8 Å². The van der Waals surface area contributed by atoms with E-state index in [1.54, 1.807) is 0 Å². The highest BCUT2D eigenvalue weighted by molar-refractivity contribution is 5.81. The van der Waals surface area contributed by atoms with E-state index in [9.17, 15) is 4.79 Å². The number of aromatic nitrogens is 2. The largest absolute Gasteiger partial charge is 0.376 e. The molecule has 6 nitrogen and oxygen atoms in total. The molecule has 2 fully saturated rings. The molecular formula is C18H28N4O2. The van der Waals surface area contributed by atoms with Crippen molar-refractivity contribution in [3.05, 3.63) is 17.2 Å². The molecule has 4 rings (SSSR count). The lowest BCUT2D eigenvalue weighted by Gasteiger charge is -2.31. The summed E-state index contributed by atoms with van der Waals surface area (Å²) in [5.41, 5.74) is 2.53. The fourth-order valence-electron chi connectivity index (χ4n) is 3.94. The molecule has 2 aliphatic heterocycles. The second kappa shape index (κ2) is 6.48. The summed E-state index contributed by atoms with van der Waals surface area (Å²) in [5, 5.41) is 3.06. The number of rotatable bonds is 5. The lowest BCUT2D eigenvalue weighted by Crippen LogP contribution is -2.48. The van der Waals surface area contributed by atoms with Crippen LogP contribution in [0.15, 0.2) is 0 Å². The third-order valence-corrected chi connectivity index (χ3v) is 5.72. The van der Waals surface area contributed by atoms with E-state index in [1.807, 2.05) is 6.92 Å². The normalized spacial score (nSPS) is 25.5. The number of hydrogen-bond donors (Lipinski definition) is 1. The maximum atomic E-state index is 12.5. The number of ether oxygens (including phenoxy) is 1.